The summed E-state index contributed by atoms with van der Waals surface area (Å²) in [5.74, 6) is 0.143. The highest BCUT2D eigenvalue weighted by Crippen LogP contribution is 2.10. The quantitative estimate of drug-likeness (QED) is 0.455. The smallest absolute Gasteiger partial charge is 0.220 e. The minimum absolute atomic E-state index is 0.143. The van der Waals surface area contributed by atoms with Crippen molar-refractivity contribution in [2.24, 2.45) is 5.73 Å². The van der Waals surface area contributed by atoms with Crippen LogP contribution in [0.3, 0.4) is 0 Å². The third-order valence-corrected chi connectivity index (χ3v) is 3.34. The third-order valence-electron chi connectivity index (χ3n) is 3.34. The predicted octanol–water partition coefficient (Wildman–Crippen LogP) is 3.00. The first-order chi connectivity index (χ1) is 9.81. The van der Waals surface area contributed by atoms with Crippen LogP contribution >= 0.6 is 0 Å². The lowest BCUT2D eigenvalue weighted by Gasteiger charge is -2.06. The van der Waals surface area contributed by atoms with Crippen LogP contribution in [-0.4, -0.2) is 32.2 Å². The van der Waals surface area contributed by atoms with E-state index in [9.17, 15) is 4.79 Å². The highest BCUT2D eigenvalue weighted by atomic mass is 16.5. The second-order valence-corrected chi connectivity index (χ2v) is 5.33. The van der Waals surface area contributed by atoms with Crippen LogP contribution in [0.15, 0.2) is 0 Å². The summed E-state index contributed by atoms with van der Waals surface area (Å²) >= 11 is 0. The molecule has 4 nitrogen and oxygen atoms in total. The molecular weight excluding hydrogens is 252 g/mol. The molecule has 0 aromatic rings. The zero-order valence-corrected chi connectivity index (χ0v) is 13.3. The molecule has 0 saturated carbocycles. The average Bonchev–Trinajstić information content (AvgIpc) is 2.45. The van der Waals surface area contributed by atoms with Gasteiger partial charge in [-0.15, -0.1) is 0 Å². The van der Waals surface area contributed by atoms with Gasteiger partial charge >= 0.3 is 0 Å². The Morgan fingerprint density at radius 3 is 2.15 bits per heavy atom. The fourth-order valence-electron chi connectivity index (χ4n) is 2.13. The van der Waals surface area contributed by atoms with E-state index in [0.717, 1.165) is 6.42 Å². The standard InChI is InChI=1S/C16H34N2O2/c1-2-3-4-5-6-7-8-9-10-11-16(19)18-13-15-20-14-12-17/h2-15,17H2,1H3,(H,18,19). The van der Waals surface area contributed by atoms with E-state index in [4.69, 9.17) is 10.5 Å². The van der Waals surface area contributed by atoms with Crippen molar-refractivity contribution in [3.63, 3.8) is 0 Å². The van der Waals surface area contributed by atoms with E-state index in [-0.39, 0.29) is 5.91 Å². The van der Waals surface area contributed by atoms with Crippen molar-refractivity contribution < 1.29 is 9.53 Å². The summed E-state index contributed by atoms with van der Waals surface area (Å²) in [6.07, 6.45) is 12.2. The molecule has 1 amide bonds. The number of nitrogens with two attached hydrogens (primary N) is 1. The number of hydrogen-bond donors (Lipinski definition) is 2. The number of carbonyl (C=O) groups excluding carboxylic acids is 1. The number of carbonyl (C=O) groups is 1. The van der Waals surface area contributed by atoms with Gasteiger partial charge in [-0.3, -0.25) is 4.79 Å². The molecule has 0 fully saturated rings. The lowest BCUT2D eigenvalue weighted by molar-refractivity contribution is -0.121. The molecule has 0 unspecified atom stereocenters. The van der Waals surface area contributed by atoms with E-state index in [1.807, 2.05) is 0 Å². The lowest BCUT2D eigenvalue weighted by Crippen LogP contribution is -2.27. The van der Waals surface area contributed by atoms with Crippen LogP contribution in [0.1, 0.15) is 71.1 Å². The van der Waals surface area contributed by atoms with Gasteiger partial charge in [0.2, 0.25) is 5.91 Å². The monoisotopic (exact) mass is 286 g/mol. The first-order valence-electron chi connectivity index (χ1n) is 8.35. The molecule has 0 aliphatic heterocycles. The van der Waals surface area contributed by atoms with Gasteiger partial charge in [-0.2, -0.15) is 0 Å². The Labute approximate surface area is 124 Å². The summed E-state index contributed by atoms with van der Waals surface area (Å²) in [4.78, 5) is 11.5. The number of hydrogen-bond acceptors (Lipinski definition) is 3. The molecule has 0 saturated heterocycles. The van der Waals surface area contributed by atoms with E-state index < -0.39 is 0 Å². The van der Waals surface area contributed by atoms with Crippen molar-refractivity contribution in [2.75, 3.05) is 26.3 Å². The Bertz CT molecular complexity index is 211. The van der Waals surface area contributed by atoms with Crippen LogP contribution in [0.5, 0.6) is 0 Å². The Balaban J connectivity index is 3.11. The fourth-order valence-corrected chi connectivity index (χ4v) is 2.13. The van der Waals surface area contributed by atoms with Gasteiger partial charge in [0, 0.05) is 19.5 Å². The topological polar surface area (TPSA) is 64.3 Å². The van der Waals surface area contributed by atoms with E-state index >= 15 is 0 Å². The maximum absolute atomic E-state index is 11.5. The van der Waals surface area contributed by atoms with Gasteiger partial charge < -0.3 is 15.8 Å². The van der Waals surface area contributed by atoms with Crippen LogP contribution in [0.4, 0.5) is 0 Å². The lowest BCUT2D eigenvalue weighted by atomic mass is 10.1. The third kappa shape index (κ3) is 15.4. The van der Waals surface area contributed by atoms with Crippen LogP contribution in [0, 0.1) is 0 Å². The highest BCUT2D eigenvalue weighted by Gasteiger charge is 2.00. The summed E-state index contributed by atoms with van der Waals surface area (Å²) in [5.41, 5.74) is 5.30. The molecule has 0 radical (unpaired) electrons. The minimum Gasteiger partial charge on any atom is -0.378 e. The highest BCUT2D eigenvalue weighted by molar-refractivity contribution is 5.75. The van der Waals surface area contributed by atoms with E-state index in [1.54, 1.807) is 0 Å². The average molecular weight is 286 g/mol. The first kappa shape index (κ1) is 19.4. The summed E-state index contributed by atoms with van der Waals surface area (Å²) < 4.78 is 5.19. The van der Waals surface area contributed by atoms with Gasteiger partial charge in [-0.25, -0.2) is 0 Å². The zero-order chi connectivity index (χ0) is 14.9. The zero-order valence-electron chi connectivity index (χ0n) is 13.3. The Morgan fingerprint density at radius 1 is 0.950 bits per heavy atom. The number of unbranched alkanes of at least 4 members (excludes halogenated alkanes) is 8. The Kier molecular flexibility index (Phi) is 15.9. The molecule has 0 bridgehead atoms. The normalized spacial score (nSPS) is 10.7. The minimum atomic E-state index is 0.143. The predicted molar refractivity (Wildman–Crippen MR) is 84.7 cm³/mol. The second-order valence-electron chi connectivity index (χ2n) is 5.33. The fraction of sp³-hybridized carbons (Fsp3) is 0.938. The van der Waals surface area contributed by atoms with Crippen molar-refractivity contribution in [2.45, 2.75) is 71.1 Å². The molecule has 0 atom stereocenters. The number of amides is 1. The number of ether oxygens (including phenoxy) is 1. The van der Waals surface area contributed by atoms with Gasteiger partial charge in [-0.1, -0.05) is 58.3 Å². The van der Waals surface area contributed by atoms with Gasteiger partial charge in [0.05, 0.1) is 13.2 Å². The summed E-state index contributed by atoms with van der Waals surface area (Å²) in [5, 5.41) is 2.86. The molecule has 20 heavy (non-hydrogen) atoms. The van der Waals surface area contributed by atoms with E-state index in [1.165, 1.54) is 51.4 Å². The molecule has 0 heterocycles. The molecule has 120 valence electrons. The molecule has 0 aliphatic rings. The van der Waals surface area contributed by atoms with Gasteiger partial charge in [0.15, 0.2) is 0 Å². The van der Waals surface area contributed by atoms with Crippen LogP contribution < -0.4 is 11.1 Å². The number of nitrogens with one attached hydrogen (secondary N) is 1. The summed E-state index contributed by atoms with van der Waals surface area (Å²) in [6, 6.07) is 0. The van der Waals surface area contributed by atoms with Gasteiger partial charge in [0.1, 0.15) is 0 Å². The first-order valence-corrected chi connectivity index (χ1v) is 8.35. The Hall–Kier alpha value is -0.610. The SMILES string of the molecule is CCCCCCCCCCCC(=O)NCCOCCN. The molecule has 0 aromatic heterocycles. The second kappa shape index (κ2) is 16.4. The van der Waals surface area contributed by atoms with Crippen molar-refractivity contribution in [1.29, 1.82) is 0 Å². The van der Waals surface area contributed by atoms with Crippen molar-refractivity contribution in [1.82, 2.24) is 5.32 Å². The Morgan fingerprint density at radius 2 is 1.55 bits per heavy atom. The van der Waals surface area contributed by atoms with Crippen molar-refractivity contribution in [3.8, 4) is 0 Å². The molecule has 0 aromatic carbocycles. The van der Waals surface area contributed by atoms with E-state index in [0.29, 0.717) is 32.7 Å². The van der Waals surface area contributed by atoms with Crippen molar-refractivity contribution in [3.05, 3.63) is 0 Å². The van der Waals surface area contributed by atoms with Crippen LogP contribution in [0.25, 0.3) is 0 Å². The molecule has 0 aliphatic carbocycles. The molecule has 0 rings (SSSR count). The molecule has 4 heteroatoms. The van der Waals surface area contributed by atoms with Crippen molar-refractivity contribution >= 4 is 5.91 Å². The van der Waals surface area contributed by atoms with E-state index in [2.05, 4.69) is 12.2 Å². The maximum atomic E-state index is 11.5. The largest absolute Gasteiger partial charge is 0.378 e. The van der Waals surface area contributed by atoms with Gasteiger partial charge in [0.25, 0.3) is 0 Å². The summed E-state index contributed by atoms with van der Waals surface area (Å²) in [7, 11) is 0. The van der Waals surface area contributed by atoms with Gasteiger partial charge in [-0.05, 0) is 6.42 Å². The molecule has 0 spiro atoms. The maximum Gasteiger partial charge on any atom is 0.220 e. The summed E-state index contributed by atoms with van der Waals surface area (Å²) in [6.45, 7) is 4.49. The molecule has 3 N–H and O–H groups in total. The molecular formula is C16H34N2O2. The number of rotatable bonds is 15. The van der Waals surface area contributed by atoms with Crippen LogP contribution in [0.2, 0.25) is 0 Å². The van der Waals surface area contributed by atoms with Crippen LogP contribution in [-0.2, 0) is 9.53 Å².